The third-order valence-electron chi connectivity index (χ3n) is 3.58. The van der Waals surface area contributed by atoms with Gasteiger partial charge in [0.2, 0.25) is 0 Å². The van der Waals surface area contributed by atoms with Crippen molar-refractivity contribution >= 4 is 23.2 Å². The van der Waals surface area contributed by atoms with Crippen LogP contribution in [0.2, 0.25) is 0 Å². The van der Waals surface area contributed by atoms with Crippen molar-refractivity contribution in [3.05, 3.63) is 51.3 Å². The van der Waals surface area contributed by atoms with Crippen molar-refractivity contribution in [2.45, 2.75) is 25.9 Å². The third-order valence-corrected chi connectivity index (χ3v) is 3.58. The fourth-order valence-electron chi connectivity index (χ4n) is 2.51. The Labute approximate surface area is 122 Å². The molecule has 2 heterocycles. The van der Waals surface area contributed by atoms with Gasteiger partial charge in [-0.15, -0.1) is 0 Å². The number of nitrogens with zero attached hydrogens (tertiary/aromatic N) is 1. The van der Waals surface area contributed by atoms with E-state index in [0.717, 1.165) is 27.6 Å². The number of hydrogen-bond donors (Lipinski definition) is 2. The van der Waals surface area contributed by atoms with Crippen molar-refractivity contribution < 1.29 is 5.11 Å². The van der Waals surface area contributed by atoms with Crippen LogP contribution in [-0.4, -0.2) is 28.5 Å². The normalized spacial score (nSPS) is 14.8. The Bertz CT molecular complexity index is 808. The van der Waals surface area contributed by atoms with Crippen LogP contribution in [0.4, 0.5) is 0 Å². The number of fused-ring (bicyclic) bond motifs is 3. The predicted octanol–water partition coefficient (Wildman–Crippen LogP) is 2.29. The molecular formula is C17H18N2O2. The third kappa shape index (κ3) is 2.81. The van der Waals surface area contributed by atoms with Crippen molar-refractivity contribution in [3.8, 4) is 0 Å². The van der Waals surface area contributed by atoms with Crippen LogP contribution in [0.5, 0.6) is 0 Å². The first-order chi connectivity index (χ1) is 9.94. The minimum atomic E-state index is -0.846. The lowest BCUT2D eigenvalue weighted by Gasteiger charge is -2.13. The first kappa shape index (κ1) is 13.8. The molecule has 4 nitrogen and oxygen atoms in total. The lowest BCUT2D eigenvalue weighted by Crippen LogP contribution is -2.19. The number of hydrogen-bond acceptors (Lipinski definition) is 3. The molecule has 2 aromatic rings. The Morgan fingerprint density at radius 2 is 2.19 bits per heavy atom. The van der Waals surface area contributed by atoms with E-state index < -0.39 is 5.60 Å². The van der Waals surface area contributed by atoms with Crippen LogP contribution < -0.4 is 5.56 Å². The Hall–Kier alpha value is -2.20. The zero-order valence-corrected chi connectivity index (χ0v) is 12.2. The number of aromatic amines is 1. The number of aromatic nitrogens is 1. The molecule has 0 fully saturated rings. The highest BCUT2D eigenvalue weighted by Gasteiger charge is 2.14. The zero-order chi connectivity index (χ0) is 15.0. The molecule has 21 heavy (non-hydrogen) atoms. The molecule has 4 heteroatoms. The standard InChI is InChI=1S/C17H18N2O2/c1-17(2,21)7-5-11-3-4-15-13(9-11)14-10-18-8-6-12(14)16(20)19-15/h3-5,7,9-10,21H,6,8H2,1-2H3,(H,19,20). The lowest BCUT2D eigenvalue weighted by atomic mass is 9.98. The highest BCUT2D eigenvalue weighted by molar-refractivity contribution is 6.00. The van der Waals surface area contributed by atoms with Gasteiger partial charge in [0.05, 0.1) is 5.60 Å². The maximum absolute atomic E-state index is 12.1. The van der Waals surface area contributed by atoms with Crippen LogP contribution in [-0.2, 0) is 6.42 Å². The molecule has 0 saturated heterocycles. The molecule has 1 aromatic carbocycles. The number of benzene rings is 1. The maximum atomic E-state index is 12.1. The number of rotatable bonds is 2. The van der Waals surface area contributed by atoms with Gasteiger partial charge < -0.3 is 10.1 Å². The van der Waals surface area contributed by atoms with E-state index >= 15 is 0 Å². The largest absolute Gasteiger partial charge is 0.386 e. The number of H-pyrrole nitrogens is 1. The van der Waals surface area contributed by atoms with Crippen LogP contribution in [0.25, 0.3) is 17.0 Å². The minimum absolute atomic E-state index is 0.0246. The van der Waals surface area contributed by atoms with Gasteiger partial charge in [0.25, 0.3) is 5.56 Å². The van der Waals surface area contributed by atoms with Crippen LogP contribution in [0.3, 0.4) is 0 Å². The van der Waals surface area contributed by atoms with E-state index in [2.05, 4.69) is 9.98 Å². The molecule has 3 rings (SSSR count). The summed E-state index contributed by atoms with van der Waals surface area (Å²) >= 11 is 0. The Morgan fingerprint density at radius 1 is 1.38 bits per heavy atom. The molecule has 108 valence electrons. The van der Waals surface area contributed by atoms with Gasteiger partial charge in [-0.05, 0) is 38.0 Å². The molecule has 0 bridgehead atoms. The molecule has 0 spiro atoms. The fourth-order valence-corrected chi connectivity index (χ4v) is 2.51. The molecule has 1 aromatic heterocycles. The summed E-state index contributed by atoms with van der Waals surface area (Å²) in [5, 5.41) is 10.8. The van der Waals surface area contributed by atoms with Gasteiger partial charge in [-0.3, -0.25) is 9.79 Å². The van der Waals surface area contributed by atoms with Crippen molar-refractivity contribution in [1.82, 2.24) is 4.98 Å². The van der Waals surface area contributed by atoms with Gasteiger partial charge in [0.15, 0.2) is 0 Å². The Morgan fingerprint density at radius 3 is 2.95 bits per heavy atom. The SMILES string of the molecule is CC(C)(O)C=Cc1ccc2[nH]c(=O)c3c(c2c1)C=NCC3. The highest BCUT2D eigenvalue weighted by atomic mass is 16.3. The van der Waals surface area contributed by atoms with Crippen molar-refractivity contribution in [3.63, 3.8) is 0 Å². The zero-order valence-electron chi connectivity index (χ0n) is 12.2. The topological polar surface area (TPSA) is 65.4 Å². The van der Waals surface area contributed by atoms with Crippen molar-refractivity contribution in [2.24, 2.45) is 4.99 Å². The van der Waals surface area contributed by atoms with E-state index in [1.165, 1.54) is 0 Å². The summed E-state index contributed by atoms with van der Waals surface area (Å²) in [6.45, 7) is 4.13. The second-order valence-electron chi connectivity index (χ2n) is 5.92. The second kappa shape index (κ2) is 4.97. The van der Waals surface area contributed by atoms with E-state index in [1.54, 1.807) is 26.1 Å². The molecule has 0 aliphatic carbocycles. The van der Waals surface area contributed by atoms with Crippen LogP contribution in [0.15, 0.2) is 34.1 Å². The Balaban J connectivity index is 2.18. The number of nitrogens with one attached hydrogen (secondary N) is 1. The summed E-state index contributed by atoms with van der Waals surface area (Å²) in [4.78, 5) is 19.3. The van der Waals surface area contributed by atoms with Gasteiger partial charge in [0.1, 0.15) is 0 Å². The predicted molar refractivity (Wildman–Crippen MR) is 86.1 cm³/mol. The monoisotopic (exact) mass is 282 g/mol. The van der Waals surface area contributed by atoms with Crippen molar-refractivity contribution in [1.29, 1.82) is 0 Å². The molecular weight excluding hydrogens is 264 g/mol. The van der Waals surface area contributed by atoms with E-state index in [4.69, 9.17) is 0 Å². The molecule has 1 aliphatic rings. The second-order valence-corrected chi connectivity index (χ2v) is 5.92. The number of aliphatic imine (C=N–C) groups is 1. The summed E-state index contributed by atoms with van der Waals surface area (Å²) in [6.07, 6.45) is 6.11. The molecule has 2 N–H and O–H groups in total. The summed E-state index contributed by atoms with van der Waals surface area (Å²) in [6, 6.07) is 5.83. The van der Waals surface area contributed by atoms with E-state index in [9.17, 15) is 9.90 Å². The molecule has 0 unspecified atom stereocenters. The van der Waals surface area contributed by atoms with Gasteiger partial charge in [-0.25, -0.2) is 0 Å². The van der Waals surface area contributed by atoms with Crippen LogP contribution >= 0.6 is 0 Å². The van der Waals surface area contributed by atoms with E-state index in [0.29, 0.717) is 13.0 Å². The lowest BCUT2D eigenvalue weighted by molar-refractivity contribution is 0.134. The highest BCUT2D eigenvalue weighted by Crippen LogP contribution is 2.22. The summed E-state index contributed by atoms with van der Waals surface area (Å²) in [5.74, 6) is 0. The van der Waals surface area contributed by atoms with Crippen LogP contribution in [0.1, 0.15) is 30.5 Å². The Kier molecular flexibility index (Phi) is 3.26. The molecule has 0 radical (unpaired) electrons. The fraction of sp³-hybridized carbons (Fsp3) is 0.294. The average molecular weight is 282 g/mol. The van der Waals surface area contributed by atoms with Gasteiger partial charge in [-0.1, -0.05) is 18.2 Å². The van der Waals surface area contributed by atoms with E-state index in [1.807, 2.05) is 24.3 Å². The molecule has 1 aliphatic heterocycles. The molecule has 0 atom stereocenters. The molecule has 0 saturated carbocycles. The van der Waals surface area contributed by atoms with Gasteiger partial charge >= 0.3 is 0 Å². The van der Waals surface area contributed by atoms with Gasteiger partial charge in [-0.2, -0.15) is 0 Å². The quantitative estimate of drug-likeness (QED) is 0.887. The molecule has 0 amide bonds. The first-order valence-corrected chi connectivity index (χ1v) is 7.04. The van der Waals surface area contributed by atoms with Crippen LogP contribution in [0, 0.1) is 0 Å². The van der Waals surface area contributed by atoms with Crippen molar-refractivity contribution in [2.75, 3.05) is 6.54 Å². The first-order valence-electron chi connectivity index (χ1n) is 7.04. The van der Waals surface area contributed by atoms with Gasteiger partial charge in [0, 0.05) is 34.8 Å². The summed E-state index contributed by atoms with van der Waals surface area (Å²) < 4.78 is 0. The number of pyridine rings is 1. The minimum Gasteiger partial charge on any atom is -0.386 e. The average Bonchev–Trinajstić information content (AvgIpc) is 2.45. The maximum Gasteiger partial charge on any atom is 0.252 e. The summed E-state index contributed by atoms with van der Waals surface area (Å²) in [5.41, 5.74) is 2.65. The summed E-state index contributed by atoms with van der Waals surface area (Å²) in [7, 11) is 0. The van der Waals surface area contributed by atoms with E-state index in [-0.39, 0.29) is 5.56 Å². The smallest absolute Gasteiger partial charge is 0.252 e. The number of aliphatic hydroxyl groups is 1.